The SMILES string of the molecule is CCC(O)(CC)CNCC(C)(C)CCCO. The highest BCUT2D eigenvalue weighted by Gasteiger charge is 2.23. The summed E-state index contributed by atoms with van der Waals surface area (Å²) in [5.74, 6) is 0. The highest BCUT2D eigenvalue weighted by molar-refractivity contribution is 4.80. The van der Waals surface area contributed by atoms with Crippen LogP contribution in [0.2, 0.25) is 0 Å². The Balaban J connectivity index is 3.87. The van der Waals surface area contributed by atoms with E-state index in [-0.39, 0.29) is 12.0 Å². The van der Waals surface area contributed by atoms with E-state index in [1.54, 1.807) is 0 Å². The smallest absolute Gasteiger partial charge is 0.0766 e. The van der Waals surface area contributed by atoms with E-state index in [1.807, 2.05) is 13.8 Å². The van der Waals surface area contributed by atoms with Crippen LogP contribution in [-0.2, 0) is 0 Å². The molecule has 0 spiro atoms. The maximum Gasteiger partial charge on any atom is 0.0766 e. The Labute approximate surface area is 100 Å². The predicted octanol–water partition coefficient (Wildman–Crippen LogP) is 1.93. The second-order valence-electron chi connectivity index (χ2n) is 5.53. The van der Waals surface area contributed by atoms with Gasteiger partial charge in [0.15, 0.2) is 0 Å². The van der Waals surface area contributed by atoms with Crippen molar-refractivity contribution in [2.45, 2.75) is 59.0 Å². The first-order valence-electron chi connectivity index (χ1n) is 6.43. The van der Waals surface area contributed by atoms with Gasteiger partial charge in [0, 0.05) is 19.7 Å². The van der Waals surface area contributed by atoms with Gasteiger partial charge in [0.2, 0.25) is 0 Å². The van der Waals surface area contributed by atoms with Crippen LogP contribution in [-0.4, -0.2) is 35.5 Å². The molecule has 0 saturated heterocycles. The molecule has 0 atom stereocenters. The van der Waals surface area contributed by atoms with E-state index in [1.165, 1.54) is 0 Å². The van der Waals surface area contributed by atoms with E-state index >= 15 is 0 Å². The van der Waals surface area contributed by atoms with Crippen molar-refractivity contribution in [2.24, 2.45) is 5.41 Å². The monoisotopic (exact) mass is 231 g/mol. The van der Waals surface area contributed by atoms with Crippen molar-refractivity contribution in [1.29, 1.82) is 0 Å². The molecule has 0 aliphatic heterocycles. The van der Waals surface area contributed by atoms with Gasteiger partial charge in [-0.15, -0.1) is 0 Å². The van der Waals surface area contributed by atoms with Gasteiger partial charge in [0.05, 0.1) is 5.60 Å². The predicted molar refractivity (Wildman–Crippen MR) is 68.5 cm³/mol. The molecule has 0 unspecified atom stereocenters. The van der Waals surface area contributed by atoms with Crippen molar-refractivity contribution in [2.75, 3.05) is 19.7 Å². The molecule has 0 aromatic carbocycles. The van der Waals surface area contributed by atoms with Gasteiger partial charge in [0.25, 0.3) is 0 Å². The number of aliphatic hydroxyl groups is 2. The number of rotatable bonds is 9. The maximum atomic E-state index is 10.1. The summed E-state index contributed by atoms with van der Waals surface area (Å²) >= 11 is 0. The van der Waals surface area contributed by atoms with Crippen LogP contribution in [0.3, 0.4) is 0 Å². The average molecular weight is 231 g/mol. The number of hydrogen-bond donors (Lipinski definition) is 3. The minimum absolute atomic E-state index is 0.186. The van der Waals surface area contributed by atoms with Crippen molar-refractivity contribution >= 4 is 0 Å². The molecule has 0 radical (unpaired) electrons. The molecule has 3 nitrogen and oxygen atoms in total. The van der Waals surface area contributed by atoms with Gasteiger partial charge < -0.3 is 15.5 Å². The molecule has 0 heterocycles. The van der Waals surface area contributed by atoms with Gasteiger partial charge >= 0.3 is 0 Å². The van der Waals surface area contributed by atoms with Gasteiger partial charge in [-0.05, 0) is 31.1 Å². The lowest BCUT2D eigenvalue weighted by Crippen LogP contribution is -2.42. The fraction of sp³-hybridized carbons (Fsp3) is 1.00. The first-order chi connectivity index (χ1) is 7.39. The highest BCUT2D eigenvalue weighted by atomic mass is 16.3. The fourth-order valence-electron chi connectivity index (χ4n) is 1.78. The molecule has 0 bridgehead atoms. The molecule has 98 valence electrons. The summed E-state index contributed by atoms with van der Waals surface area (Å²) in [4.78, 5) is 0. The Hall–Kier alpha value is -0.120. The Bertz CT molecular complexity index is 177. The van der Waals surface area contributed by atoms with E-state index in [0.717, 1.165) is 32.2 Å². The Morgan fingerprint density at radius 2 is 1.62 bits per heavy atom. The summed E-state index contributed by atoms with van der Waals surface area (Å²) in [6.07, 6.45) is 3.43. The Morgan fingerprint density at radius 3 is 2.06 bits per heavy atom. The van der Waals surface area contributed by atoms with Crippen LogP contribution in [0.4, 0.5) is 0 Å². The topological polar surface area (TPSA) is 52.5 Å². The largest absolute Gasteiger partial charge is 0.396 e. The van der Waals surface area contributed by atoms with Crippen LogP contribution in [0, 0.1) is 5.41 Å². The van der Waals surface area contributed by atoms with Crippen LogP contribution in [0.5, 0.6) is 0 Å². The summed E-state index contributed by atoms with van der Waals surface area (Å²) in [6, 6.07) is 0. The second kappa shape index (κ2) is 7.25. The number of nitrogens with one attached hydrogen (secondary N) is 1. The zero-order chi connectivity index (χ0) is 12.7. The molecule has 0 rings (SSSR count). The number of aliphatic hydroxyl groups excluding tert-OH is 1. The molecular weight excluding hydrogens is 202 g/mol. The van der Waals surface area contributed by atoms with E-state index in [2.05, 4.69) is 19.2 Å². The zero-order valence-corrected chi connectivity index (χ0v) is 11.3. The molecule has 0 aliphatic rings. The lowest BCUT2D eigenvalue weighted by atomic mass is 9.87. The summed E-state index contributed by atoms with van der Waals surface area (Å²) in [5, 5.41) is 22.2. The summed E-state index contributed by atoms with van der Waals surface area (Å²) in [5.41, 5.74) is -0.377. The van der Waals surface area contributed by atoms with Crippen LogP contribution < -0.4 is 5.32 Å². The van der Waals surface area contributed by atoms with E-state index < -0.39 is 5.60 Å². The third kappa shape index (κ3) is 6.46. The average Bonchev–Trinajstić information content (AvgIpc) is 2.26. The Kier molecular flexibility index (Phi) is 7.20. The first-order valence-corrected chi connectivity index (χ1v) is 6.43. The molecule has 16 heavy (non-hydrogen) atoms. The van der Waals surface area contributed by atoms with Crippen LogP contribution in [0.25, 0.3) is 0 Å². The van der Waals surface area contributed by atoms with Gasteiger partial charge in [-0.1, -0.05) is 27.7 Å². The molecule has 0 aromatic rings. The molecule has 0 fully saturated rings. The molecule has 0 amide bonds. The molecule has 3 N–H and O–H groups in total. The fourth-order valence-corrected chi connectivity index (χ4v) is 1.78. The van der Waals surface area contributed by atoms with Crippen LogP contribution in [0.1, 0.15) is 53.4 Å². The molecular formula is C13H29NO2. The third-order valence-electron chi connectivity index (χ3n) is 3.39. The summed E-state index contributed by atoms with van der Waals surface area (Å²) < 4.78 is 0. The van der Waals surface area contributed by atoms with Crippen molar-refractivity contribution in [3.63, 3.8) is 0 Å². The van der Waals surface area contributed by atoms with Crippen LogP contribution in [0.15, 0.2) is 0 Å². The third-order valence-corrected chi connectivity index (χ3v) is 3.39. The summed E-state index contributed by atoms with van der Waals surface area (Å²) in [6.45, 7) is 10.2. The molecule has 0 aromatic heterocycles. The highest BCUT2D eigenvalue weighted by Crippen LogP contribution is 2.21. The lowest BCUT2D eigenvalue weighted by molar-refractivity contribution is 0.0301. The van der Waals surface area contributed by atoms with E-state index in [9.17, 15) is 5.11 Å². The minimum atomic E-state index is -0.562. The van der Waals surface area contributed by atoms with Crippen molar-refractivity contribution in [1.82, 2.24) is 5.32 Å². The van der Waals surface area contributed by atoms with E-state index in [4.69, 9.17) is 5.11 Å². The van der Waals surface area contributed by atoms with Crippen LogP contribution >= 0.6 is 0 Å². The molecule has 3 heteroatoms. The molecule has 0 saturated carbocycles. The standard InChI is InChI=1S/C13H29NO2/c1-5-13(16,6-2)11-14-10-12(3,4)8-7-9-15/h14-16H,5-11H2,1-4H3. The van der Waals surface area contributed by atoms with Gasteiger partial charge in [0.1, 0.15) is 0 Å². The van der Waals surface area contributed by atoms with Gasteiger partial charge in [-0.25, -0.2) is 0 Å². The van der Waals surface area contributed by atoms with Gasteiger partial charge in [-0.3, -0.25) is 0 Å². The van der Waals surface area contributed by atoms with Crippen molar-refractivity contribution in [3.05, 3.63) is 0 Å². The molecule has 0 aliphatic carbocycles. The Morgan fingerprint density at radius 1 is 1.06 bits per heavy atom. The van der Waals surface area contributed by atoms with Crippen molar-refractivity contribution in [3.8, 4) is 0 Å². The van der Waals surface area contributed by atoms with Crippen molar-refractivity contribution < 1.29 is 10.2 Å². The summed E-state index contributed by atoms with van der Waals surface area (Å²) in [7, 11) is 0. The maximum absolute atomic E-state index is 10.1. The minimum Gasteiger partial charge on any atom is -0.396 e. The normalized spacial score (nSPS) is 13.1. The van der Waals surface area contributed by atoms with E-state index in [0.29, 0.717) is 6.54 Å². The van der Waals surface area contributed by atoms with Gasteiger partial charge in [-0.2, -0.15) is 0 Å². The quantitative estimate of drug-likeness (QED) is 0.568. The first kappa shape index (κ1) is 15.9. The lowest BCUT2D eigenvalue weighted by Gasteiger charge is -2.30. The zero-order valence-electron chi connectivity index (χ0n) is 11.3. The second-order valence-corrected chi connectivity index (χ2v) is 5.53. The number of hydrogen-bond acceptors (Lipinski definition) is 3.